The van der Waals surface area contributed by atoms with Crippen LogP contribution < -0.4 is 56.9 Å². The van der Waals surface area contributed by atoms with E-state index in [-0.39, 0.29) is 24.8 Å². The van der Waals surface area contributed by atoms with Crippen molar-refractivity contribution in [3.8, 4) is 0 Å². The minimum absolute atomic E-state index is 0.190. The minimum atomic E-state index is -1.18. The molecule has 37 nitrogen and oxygen atoms in total. The first-order chi connectivity index (χ1) is 35.1. The number of hydrogen-bond donors (Lipinski definition) is 27. The molecule has 0 spiro atoms. The predicted molar refractivity (Wildman–Crippen MR) is 270 cm³/mol. The SMILES string of the molecule is CC(C)CC(N)C(=O)O.CC(O)C(N)C(=O)O.CC(O)C(N)C(=O)O.NC(CO)C(=O)O.NC(CO)C(=O)O.NC(CO)C(=O)O.NC(CS)C(=O)O.NC(Cc1c[nH]cn1)C(=O)O.NCC(=O)O.O=C(O)[C@@H]1CCCN1. The zero-order valence-corrected chi connectivity index (χ0v) is 43.4. The highest BCUT2D eigenvalue weighted by molar-refractivity contribution is 7.80. The van der Waals surface area contributed by atoms with Crippen LogP contribution in [0.25, 0.3) is 0 Å². The summed E-state index contributed by atoms with van der Waals surface area (Å²) < 4.78 is 0. The highest BCUT2D eigenvalue weighted by Crippen LogP contribution is 2.03. The quantitative estimate of drug-likeness (QED) is 0.0539. The molecular formula is C39H82N12O25S. The van der Waals surface area contributed by atoms with Crippen LogP contribution in [0, 0.1) is 5.92 Å². The minimum Gasteiger partial charge on any atom is -0.480 e. The summed E-state index contributed by atoms with van der Waals surface area (Å²) in [4.78, 5) is 105. The van der Waals surface area contributed by atoms with Gasteiger partial charge in [-0.3, -0.25) is 47.9 Å². The molecule has 77 heavy (non-hydrogen) atoms. The van der Waals surface area contributed by atoms with Gasteiger partial charge < -0.3 is 139 Å². The van der Waals surface area contributed by atoms with Crippen LogP contribution in [0.4, 0.5) is 0 Å². The summed E-state index contributed by atoms with van der Waals surface area (Å²) in [5, 5.41) is 124. The van der Waals surface area contributed by atoms with Gasteiger partial charge in [-0.25, -0.2) is 4.98 Å². The number of imidazole rings is 1. The van der Waals surface area contributed by atoms with E-state index in [1.165, 1.54) is 20.2 Å². The molecule has 454 valence electrons. The van der Waals surface area contributed by atoms with Crippen molar-refractivity contribution in [3.05, 3.63) is 18.2 Å². The third-order valence-electron chi connectivity index (χ3n) is 7.54. The third kappa shape index (κ3) is 65.7. The Bertz CT molecular complexity index is 1630. The largest absolute Gasteiger partial charge is 0.480 e. The number of carboxylic acids is 10. The van der Waals surface area contributed by atoms with E-state index < -0.39 is 140 Å². The number of hydrogen-bond acceptors (Lipinski definition) is 27. The molecule has 2 heterocycles. The van der Waals surface area contributed by atoms with E-state index in [1.54, 1.807) is 6.20 Å². The third-order valence-corrected chi connectivity index (χ3v) is 7.94. The van der Waals surface area contributed by atoms with Crippen LogP contribution in [-0.2, 0) is 54.4 Å². The molecule has 0 aromatic carbocycles. The van der Waals surface area contributed by atoms with Crippen molar-refractivity contribution in [1.29, 1.82) is 0 Å². The lowest BCUT2D eigenvalue weighted by atomic mass is 10.1. The Hall–Kier alpha value is -6.34. The Morgan fingerprint density at radius 1 is 0.571 bits per heavy atom. The Kier molecular flexibility index (Phi) is 61.8. The Morgan fingerprint density at radius 3 is 1.00 bits per heavy atom. The number of aromatic amines is 1. The van der Waals surface area contributed by atoms with E-state index in [0.29, 0.717) is 18.0 Å². The van der Waals surface area contributed by atoms with Crippen LogP contribution in [0.3, 0.4) is 0 Å². The number of aromatic nitrogens is 2. The number of nitrogens with zero attached hydrogens (tertiary/aromatic N) is 1. The molecule has 10 unspecified atom stereocenters. The highest BCUT2D eigenvalue weighted by Gasteiger charge is 2.20. The van der Waals surface area contributed by atoms with E-state index in [1.807, 2.05) is 13.8 Å². The lowest BCUT2D eigenvalue weighted by Gasteiger charge is -2.07. The van der Waals surface area contributed by atoms with Gasteiger partial charge in [0.15, 0.2) is 0 Å². The van der Waals surface area contributed by atoms with Crippen molar-refractivity contribution < 1.29 is 125 Å². The molecule has 0 radical (unpaired) electrons. The van der Waals surface area contributed by atoms with Gasteiger partial charge in [0, 0.05) is 18.4 Å². The van der Waals surface area contributed by atoms with Gasteiger partial charge in [0.05, 0.1) is 50.6 Å². The fraction of sp³-hybridized carbons (Fsp3) is 0.667. The van der Waals surface area contributed by atoms with Crippen molar-refractivity contribution in [3.63, 3.8) is 0 Å². The van der Waals surface area contributed by atoms with Gasteiger partial charge in [0.25, 0.3) is 0 Å². The second kappa shape index (κ2) is 54.4. The molecule has 0 amide bonds. The van der Waals surface area contributed by atoms with Crippen molar-refractivity contribution in [1.82, 2.24) is 15.3 Å². The average molecular weight is 1150 g/mol. The Morgan fingerprint density at radius 2 is 0.896 bits per heavy atom. The van der Waals surface area contributed by atoms with Crippen LogP contribution >= 0.6 is 12.6 Å². The van der Waals surface area contributed by atoms with Gasteiger partial charge in [-0.05, 0) is 45.6 Å². The molecule has 1 fully saturated rings. The van der Waals surface area contributed by atoms with Crippen molar-refractivity contribution >= 4 is 72.3 Å². The van der Waals surface area contributed by atoms with Crippen LogP contribution in [-0.4, -0.2) is 252 Å². The molecule has 1 aromatic heterocycles. The first-order valence-electron chi connectivity index (χ1n) is 21.7. The molecular weight excluding hydrogens is 1070 g/mol. The number of thiol groups is 1. The van der Waals surface area contributed by atoms with E-state index in [0.717, 1.165) is 19.4 Å². The summed E-state index contributed by atoms with van der Waals surface area (Å²) in [5.74, 6) is -9.96. The van der Waals surface area contributed by atoms with Crippen LogP contribution in [0.5, 0.6) is 0 Å². The van der Waals surface area contributed by atoms with Crippen LogP contribution in [0.2, 0.25) is 0 Å². The molecule has 0 aliphatic carbocycles. The second-order valence-electron chi connectivity index (χ2n) is 15.1. The standard InChI is InChI=1S/C6H9N3O2.C6H13NO2.C5H9NO2.2C4H9NO3.3C3H7NO3.C3H7NO2S.C2H5NO2/c7-5(6(10)11)1-4-2-8-3-9-4;1-4(2)3-5(7)6(8)9;7-5(8)4-2-1-3-6-4;2*1-2(6)3(5)4(7)8;3*4-2(1-5)3(6)7;4-2(1-7)3(5)6;3-1-2(4)5/h2-3,5H,1,7H2,(H,8,9)(H,10,11);4-5H,3,7H2,1-2H3,(H,8,9);4,6H,1-3H2,(H,7,8);2*2-3,6H,5H2,1H3,(H,7,8);3*2,5H,1,4H2,(H,6,7);2,7H,1,4H2,(H,5,6);1,3H2,(H,4,5)/t;;4-;;;;;;;/m..0......./s1. The predicted octanol–water partition coefficient (Wildman–Crippen LogP) is -9.28. The second-order valence-corrected chi connectivity index (χ2v) is 15.5. The first kappa shape index (κ1) is 87.3. The summed E-state index contributed by atoms with van der Waals surface area (Å²) in [6.45, 7) is 5.63. The molecule has 1 saturated heterocycles. The van der Waals surface area contributed by atoms with E-state index in [9.17, 15) is 47.9 Å². The Labute approximate surface area is 445 Å². The topological polar surface area (TPSA) is 749 Å². The van der Waals surface area contributed by atoms with E-state index >= 15 is 0 Å². The van der Waals surface area contributed by atoms with Crippen molar-refractivity contribution in [2.75, 3.05) is 38.7 Å². The maximum absolute atomic E-state index is 10.3. The number of nitrogens with two attached hydrogens (primary N) is 9. The number of carbonyl (C=O) groups is 10. The fourth-order valence-electron chi connectivity index (χ4n) is 2.94. The smallest absolute Gasteiger partial charge is 0.323 e. The van der Waals surface area contributed by atoms with Crippen LogP contribution in [0.15, 0.2) is 12.5 Å². The zero-order chi connectivity index (χ0) is 62.9. The van der Waals surface area contributed by atoms with Gasteiger partial charge in [0.1, 0.15) is 54.4 Å². The Balaban J connectivity index is -0.000000115. The van der Waals surface area contributed by atoms with Crippen molar-refractivity contribution in [2.24, 2.45) is 57.5 Å². The number of carboxylic acid groups (broad SMARTS) is 10. The maximum atomic E-state index is 10.3. The molecule has 1 aliphatic heterocycles. The summed E-state index contributed by atoms with van der Waals surface area (Å²) >= 11 is 3.65. The van der Waals surface area contributed by atoms with Crippen molar-refractivity contribution in [2.45, 2.75) is 120 Å². The number of rotatable bonds is 20. The molecule has 1 aliphatic rings. The molecule has 38 heteroatoms. The molecule has 35 N–H and O–H groups in total. The van der Waals surface area contributed by atoms with Gasteiger partial charge in [-0.2, -0.15) is 12.6 Å². The molecule has 0 bridgehead atoms. The number of aliphatic hydroxyl groups excluding tert-OH is 5. The zero-order valence-electron chi connectivity index (χ0n) is 42.5. The highest BCUT2D eigenvalue weighted by atomic mass is 32.1. The number of nitrogens with one attached hydrogen (secondary N) is 2. The normalized spacial score (nSPS) is 15.4. The number of H-pyrrole nitrogens is 1. The van der Waals surface area contributed by atoms with Gasteiger partial charge in [0.2, 0.25) is 0 Å². The molecule has 0 saturated carbocycles. The van der Waals surface area contributed by atoms with Gasteiger partial charge in [-0.1, -0.05) is 13.8 Å². The maximum Gasteiger partial charge on any atom is 0.323 e. The fourth-order valence-corrected chi connectivity index (χ4v) is 3.10. The summed E-state index contributed by atoms with van der Waals surface area (Å²) in [6.07, 6.45) is 3.76. The van der Waals surface area contributed by atoms with Crippen LogP contribution in [0.1, 0.15) is 52.7 Å². The monoisotopic (exact) mass is 1150 g/mol. The summed E-state index contributed by atoms with van der Waals surface area (Å²) in [6, 6.07) is -8.33. The molecule has 1 aromatic rings. The number of aliphatic carboxylic acids is 10. The first-order valence-corrected chi connectivity index (χ1v) is 22.3. The lowest BCUT2D eigenvalue weighted by molar-refractivity contribution is -0.141. The van der Waals surface area contributed by atoms with E-state index in [2.05, 4.69) is 33.6 Å². The average Bonchev–Trinajstić information content (AvgIpc) is 4.10. The molecule has 11 atom stereocenters. The van der Waals surface area contributed by atoms with E-state index in [4.69, 9.17) is 122 Å². The lowest BCUT2D eigenvalue weighted by Crippen LogP contribution is -2.39. The molecule has 2 rings (SSSR count). The van der Waals surface area contributed by atoms with Gasteiger partial charge >= 0.3 is 59.7 Å². The summed E-state index contributed by atoms with van der Waals surface area (Å²) in [5.41, 5.74) is 44.8. The summed E-state index contributed by atoms with van der Waals surface area (Å²) in [7, 11) is 0. The van der Waals surface area contributed by atoms with Gasteiger partial charge in [-0.15, -0.1) is 0 Å². The number of aliphatic hydroxyl groups is 5.